The Bertz CT molecular complexity index is 1410. The Labute approximate surface area is 193 Å². The monoisotopic (exact) mass is 465 g/mol. The van der Waals surface area contributed by atoms with Crippen molar-refractivity contribution in [3.63, 3.8) is 0 Å². The van der Waals surface area contributed by atoms with E-state index in [4.69, 9.17) is 0 Å². The number of carbonyl (C=O) groups excluding carboxylic acids is 1. The number of aryl methyl sites for hydroxylation is 1. The molecule has 0 unspecified atom stereocenters. The van der Waals surface area contributed by atoms with Crippen molar-refractivity contribution in [3.05, 3.63) is 64.4 Å². The molecule has 0 saturated heterocycles. The first-order valence-corrected chi connectivity index (χ1v) is 11.4. The molecular weight excluding hydrogens is 442 g/mol. The Balaban J connectivity index is 1.75. The fourth-order valence-corrected chi connectivity index (χ4v) is 4.31. The second-order valence-corrected chi connectivity index (χ2v) is 8.97. The molecule has 2 heterocycles. The van der Waals surface area contributed by atoms with Crippen LogP contribution in [0.5, 0.6) is 0 Å². The van der Waals surface area contributed by atoms with Gasteiger partial charge in [-0.25, -0.2) is 9.36 Å². The highest BCUT2D eigenvalue weighted by Crippen LogP contribution is 2.23. The van der Waals surface area contributed by atoms with E-state index in [0.29, 0.717) is 27.5 Å². The Morgan fingerprint density at radius 3 is 2.45 bits per heavy atom. The van der Waals surface area contributed by atoms with Crippen molar-refractivity contribution in [2.45, 2.75) is 32.0 Å². The Morgan fingerprint density at radius 1 is 1.09 bits per heavy atom. The zero-order valence-electron chi connectivity index (χ0n) is 18.3. The van der Waals surface area contributed by atoms with Crippen molar-refractivity contribution in [2.75, 3.05) is 5.75 Å². The molecule has 2 aromatic heterocycles. The topological polar surface area (TPSA) is 119 Å². The molecule has 0 spiro atoms. The summed E-state index contributed by atoms with van der Waals surface area (Å²) in [4.78, 5) is 37.1. The number of carbonyl (C=O) groups is 2. The SMILES string of the molecule is Cc1ccc(-n2c(=O)c3ccccc3n3c(SCC(=O)N[C@@H](C(=O)O)C(C)C)nnc23)cc1. The van der Waals surface area contributed by atoms with Crippen LogP contribution in [0.1, 0.15) is 19.4 Å². The summed E-state index contributed by atoms with van der Waals surface area (Å²) in [6.45, 7) is 5.43. The van der Waals surface area contributed by atoms with Crippen LogP contribution in [-0.4, -0.2) is 47.9 Å². The van der Waals surface area contributed by atoms with Crippen molar-refractivity contribution < 1.29 is 14.7 Å². The number of benzene rings is 2. The second kappa shape index (κ2) is 9.07. The predicted molar refractivity (Wildman–Crippen MR) is 126 cm³/mol. The van der Waals surface area contributed by atoms with Crippen LogP contribution in [0.15, 0.2) is 58.5 Å². The summed E-state index contributed by atoms with van der Waals surface area (Å²) < 4.78 is 3.24. The van der Waals surface area contributed by atoms with Crippen LogP contribution in [0.2, 0.25) is 0 Å². The standard InChI is InChI=1S/C23H23N5O4S/c1-13(2)19(21(31)32)24-18(29)12-33-23-26-25-22-27(15-10-8-14(3)9-11-15)20(30)16-6-4-5-7-17(16)28(22)23/h4-11,13,19H,12H2,1-3H3,(H,24,29)(H,31,32)/t19-/m1/s1. The van der Waals surface area contributed by atoms with Crippen LogP contribution in [0, 0.1) is 12.8 Å². The van der Waals surface area contributed by atoms with Crippen molar-refractivity contribution in [1.82, 2.24) is 24.5 Å². The lowest BCUT2D eigenvalue weighted by Gasteiger charge is -2.17. The number of carboxylic acids is 1. The molecule has 0 fully saturated rings. The second-order valence-electron chi connectivity index (χ2n) is 8.03. The number of amides is 1. The van der Waals surface area contributed by atoms with Crippen molar-refractivity contribution in [1.29, 1.82) is 0 Å². The number of carboxylic acid groups (broad SMARTS) is 1. The van der Waals surface area contributed by atoms with Gasteiger partial charge in [-0.15, -0.1) is 10.2 Å². The zero-order valence-corrected chi connectivity index (χ0v) is 19.2. The summed E-state index contributed by atoms with van der Waals surface area (Å²) in [6, 6.07) is 13.7. The van der Waals surface area contributed by atoms with E-state index in [0.717, 1.165) is 17.3 Å². The van der Waals surface area contributed by atoms with Gasteiger partial charge in [-0.05, 0) is 37.1 Å². The van der Waals surface area contributed by atoms with E-state index >= 15 is 0 Å². The number of para-hydroxylation sites is 1. The number of aliphatic carboxylic acids is 1. The zero-order chi connectivity index (χ0) is 23.7. The number of hydrogen-bond donors (Lipinski definition) is 2. The molecule has 0 bridgehead atoms. The van der Waals surface area contributed by atoms with Crippen LogP contribution in [0.3, 0.4) is 0 Å². The largest absolute Gasteiger partial charge is 0.480 e. The molecule has 33 heavy (non-hydrogen) atoms. The number of nitrogens with zero attached hydrogens (tertiary/aromatic N) is 4. The summed E-state index contributed by atoms with van der Waals surface area (Å²) in [6.07, 6.45) is 0. The highest BCUT2D eigenvalue weighted by molar-refractivity contribution is 7.99. The van der Waals surface area contributed by atoms with Gasteiger partial charge in [-0.2, -0.15) is 0 Å². The van der Waals surface area contributed by atoms with Crippen LogP contribution < -0.4 is 10.9 Å². The normalized spacial score (nSPS) is 12.4. The Hall–Kier alpha value is -3.66. The van der Waals surface area contributed by atoms with E-state index < -0.39 is 17.9 Å². The molecule has 4 aromatic rings. The summed E-state index contributed by atoms with van der Waals surface area (Å²) in [5, 5.41) is 21.2. The number of rotatable bonds is 7. The van der Waals surface area contributed by atoms with Gasteiger partial charge in [-0.3, -0.25) is 14.0 Å². The van der Waals surface area contributed by atoms with Gasteiger partial charge in [-0.1, -0.05) is 55.4 Å². The van der Waals surface area contributed by atoms with Crippen molar-refractivity contribution in [2.24, 2.45) is 5.92 Å². The number of fused-ring (bicyclic) bond motifs is 3. The molecule has 0 aliphatic carbocycles. The summed E-state index contributed by atoms with van der Waals surface area (Å²) in [5.74, 6) is -1.47. The molecular formula is C23H23N5O4S. The number of aromatic nitrogens is 4. The van der Waals surface area contributed by atoms with Crippen molar-refractivity contribution >= 4 is 40.3 Å². The van der Waals surface area contributed by atoms with Crippen LogP contribution in [0.4, 0.5) is 0 Å². The lowest BCUT2D eigenvalue weighted by molar-refractivity contribution is -0.142. The molecule has 2 aromatic carbocycles. The molecule has 9 nitrogen and oxygen atoms in total. The lowest BCUT2D eigenvalue weighted by Crippen LogP contribution is -2.45. The number of nitrogens with one attached hydrogen (secondary N) is 1. The van der Waals surface area contributed by atoms with Gasteiger partial charge < -0.3 is 10.4 Å². The molecule has 10 heteroatoms. The summed E-state index contributed by atoms with van der Waals surface area (Å²) in [5.41, 5.74) is 2.13. The van der Waals surface area contributed by atoms with E-state index in [1.807, 2.05) is 37.3 Å². The van der Waals surface area contributed by atoms with Gasteiger partial charge in [0.2, 0.25) is 11.7 Å². The molecule has 0 aliphatic heterocycles. The first-order chi connectivity index (χ1) is 15.8. The van der Waals surface area contributed by atoms with Gasteiger partial charge in [0.25, 0.3) is 5.56 Å². The Morgan fingerprint density at radius 2 is 1.79 bits per heavy atom. The average Bonchev–Trinajstić information content (AvgIpc) is 3.20. The van der Waals surface area contributed by atoms with E-state index in [-0.39, 0.29) is 17.2 Å². The lowest BCUT2D eigenvalue weighted by atomic mass is 10.1. The smallest absolute Gasteiger partial charge is 0.326 e. The average molecular weight is 466 g/mol. The third kappa shape index (κ3) is 4.34. The molecule has 1 atom stereocenters. The number of hydrogen-bond acceptors (Lipinski definition) is 6. The molecule has 0 aliphatic rings. The minimum absolute atomic E-state index is 0.0464. The van der Waals surface area contributed by atoms with E-state index in [1.165, 1.54) is 4.57 Å². The molecule has 4 rings (SSSR count). The summed E-state index contributed by atoms with van der Waals surface area (Å²) in [7, 11) is 0. The maximum absolute atomic E-state index is 13.3. The fourth-order valence-electron chi connectivity index (χ4n) is 3.56. The van der Waals surface area contributed by atoms with Gasteiger partial charge >= 0.3 is 5.97 Å². The van der Waals surface area contributed by atoms with Gasteiger partial charge in [0, 0.05) is 0 Å². The summed E-state index contributed by atoms with van der Waals surface area (Å²) >= 11 is 1.13. The molecule has 0 radical (unpaired) electrons. The molecule has 170 valence electrons. The van der Waals surface area contributed by atoms with Crippen LogP contribution in [0.25, 0.3) is 22.4 Å². The third-order valence-electron chi connectivity index (χ3n) is 5.27. The Kier molecular flexibility index (Phi) is 6.19. The van der Waals surface area contributed by atoms with Crippen molar-refractivity contribution in [3.8, 4) is 5.69 Å². The highest BCUT2D eigenvalue weighted by atomic mass is 32.2. The predicted octanol–water partition coefficient (Wildman–Crippen LogP) is 2.66. The maximum Gasteiger partial charge on any atom is 0.326 e. The number of thioether (sulfide) groups is 1. The molecule has 0 saturated carbocycles. The fraction of sp³-hybridized carbons (Fsp3) is 0.261. The van der Waals surface area contributed by atoms with Gasteiger partial charge in [0.05, 0.1) is 22.3 Å². The van der Waals surface area contributed by atoms with Gasteiger partial charge in [0.15, 0.2) is 5.16 Å². The maximum atomic E-state index is 13.3. The molecule has 2 N–H and O–H groups in total. The third-order valence-corrected chi connectivity index (χ3v) is 6.20. The minimum atomic E-state index is -1.08. The van der Waals surface area contributed by atoms with E-state index in [9.17, 15) is 19.5 Å². The van der Waals surface area contributed by atoms with E-state index in [1.54, 1.807) is 36.4 Å². The first kappa shape index (κ1) is 22.5. The minimum Gasteiger partial charge on any atom is -0.480 e. The highest BCUT2D eigenvalue weighted by Gasteiger charge is 2.24. The van der Waals surface area contributed by atoms with Crippen LogP contribution in [-0.2, 0) is 9.59 Å². The molecule has 1 amide bonds. The first-order valence-electron chi connectivity index (χ1n) is 10.4. The van der Waals surface area contributed by atoms with E-state index in [2.05, 4.69) is 15.5 Å². The van der Waals surface area contributed by atoms with Crippen LogP contribution >= 0.6 is 11.8 Å². The van der Waals surface area contributed by atoms with Gasteiger partial charge in [0.1, 0.15) is 6.04 Å². The quantitative estimate of drug-likeness (QED) is 0.403.